The van der Waals surface area contributed by atoms with Gasteiger partial charge in [0, 0.05) is 34.8 Å². The predicted molar refractivity (Wildman–Crippen MR) is 128 cm³/mol. The summed E-state index contributed by atoms with van der Waals surface area (Å²) >= 11 is 1.62. The van der Waals surface area contributed by atoms with Crippen LogP contribution >= 0.6 is 11.3 Å². The Bertz CT molecular complexity index is 1280. The van der Waals surface area contributed by atoms with Crippen molar-refractivity contribution < 1.29 is 9.63 Å². The Labute approximate surface area is 195 Å². The van der Waals surface area contributed by atoms with Crippen molar-refractivity contribution in [2.24, 2.45) is 5.16 Å². The molecular weight excluding hydrogens is 434 g/mol. The molecule has 0 saturated heterocycles. The highest BCUT2D eigenvalue weighted by Crippen LogP contribution is 2.25. The first-order chi connectivity index (χ1) is 16.2. The van der Waals surface area contributed by atoms with E-state index in [0.717, 1.165) is 33.0 Å². The zero-order valence-electron chi connectivity index (χ0n) is 18.1. The molecule has 1 aromatic carbocycles. The summed E-state index contributed by atoms with van der Waals surface area (Å²) in [7, 11) is 0. The fraction of sp³-hybridized carbons (Fsp3) is 0.200. The van der Waals surface area contributed by atoms with Gasteiger partial charge in [0.25, 0.3) is 5.91 Å². The van der Waals surface area contributed by atoms with Crippen LogP contribution in [0.25, 0.3) is 11.3 Å². The lowest BCUT2D eigenvalue weighted by Gasteiger charge is -2.11. The Morgan fingerprint density at radius 1 is 1.21 bits per heavy atom. The van der Waals surface area contributed by atoms with Crippen molar-refractivity contribution in [3.05, 3.63) is 94.1 Å². The summed E-state index contributed by atoms with van der Waals surface area (Å²) < 4.78 is 1.73. The second kappa shape index (κ2) is 9.38. The summed E-state index contributed by atoms with van der Waals surface area (Å²) in [4.78, 5) is 24.0. The number of benzene rings is 1. The lowest BCUT2D eigenvalue weighted by Crippen LogP contribution is -2.28. The number of hydrogen-bond donors (Lipinski definition) is 1. The molecule has 1 aliphatic rings. The van der Waals surface area contributed by atoms with Crippen LogP contribution in [0.5, 0.6) is 0 Å². The van der Waals surface area contributed by atoms with Crippen LogP contribution < -0.4 is 5.32 Å². The van der Waals surface area contributed by atoms with Gasteiger partial charge in [0.2, 0.25) is 0 Å². The van der Waals surface area contributed by atoms with Crippen LogP contribution in [-0.2, 0) is 17.9 Å². The van der Waals surface area contributed by atoms with E-state index >= 15 is 0 Å². The third kappa shape index (κ3) is 4.70. The molecule has 1 unspecified atom stereocenters. The summed E-state index contributed by atoms with van der Waals surface area (Å²) in [5.74, 6) is -0.165. The molecule has 4 aromatic rings. The SMILES string of the molecule is Cc1ccccc1-c1cc(C(=O)NCc2cccs2)n(CC2CC(c3cccnc3)=NO2)n1. The van der Waals surface area contributed by atoms with Crippen LogP contribution in [0.2, 0.25) is 0 Å². The molecule has 7 nitrogen and oxygen atoms in total. The van der Waals surface area contributed by atoms with E-state index in [0.29, 0.717) is 25.2 Å². The van der Waals surface area contributed by atoms with Crippen LogP contribution in [0.15, 0.2) is 77.5 Å². The monoisotopic (exact) mass is 457 g/mol. The Morgan fingerprint density at radius 3 is 2.91 bits per heavy atom. The van der Waals surface area contributed by atoms with E-state index in [9.17, 15) is 4.79 Å². The van der Waals surface area contributed by atoms with Crippen LogP contribution in [0.1, 0.15) is 32.9 Å². The summed E-state index contributed by atoms with van der Waals surface area (Å²) in [6.45, 7) is 2.94. The Morgan fingerprint density at radius 2 is 2.12 bits per heavy atom. The second-order valence-corrected chi connectivity index (χ2v) is 8.92. The van der Waals surface area contributed by atoms with E-state index in [1.165, 1.54) is 0 Å². The molecule has 0 radical (unpaired) electrons. The van der Waals surface area contributed by atoms with Gasteiger partial charge in [0.15, 0.2) is 6.10 Å². The van der Waals surface area contributed by atoms with Crippen molar-refractivity contribution in [1.82, 2.24) is 20.1 Å². The number of thiophene rings is 1. The van der Waals surface area contributed by atoms with Gasteiger partial charge in [-0.15, -0.1) is 11.3 Å². The first kappa shape index (κ1) is 21.1. The summed E-state index contributed by atoms with van der Waals surface area (Å²) in [6.07, 6.45) is 3.92. The highest BCUT2D eigenvalue weighted by atomic mass is 32.1. The maximum absolute atomic E-state index is 13.1. The molecule has 1 atom stereocenters. The molecule has 33 heavy (non-hydrogen) atoms. The zero-order valence-corrected chi connectivity index (χ0v) is 19.0. The molecule has 0 bridgehead atoms. The van der Waals surface area contributed by atoms with Gasteiger partial charge in [-0.05, 0) is 42.1 Å². The largest absolute Gasteiger partial charge is 0.390 e. The number of rotatable bonds is 7. The standard InChI is InChI=1S/C25H23N5O2S/c1-17-6-2-3-9-21(17)23-13-24(25(31)27-15-20-8-5-11-33-20)30(28-23)16-19-12-22(29-32-19)18-7-4-10-26-14-18/h2-11,13-14,19H,12,15-16H2,1H3,(H,27,31). The average molecular weight is 458 g/mol. The van der Waals surface area contributed by atoms with E-state index < -0.39 is 0 Å². The van der Waals surface area contributed by atoms with E-state index in [1.807, 2.05) is 66.9 Å². The molecule has 4 heterocycles. The van der Waals surface area contributed by atoms with Crippen LogP contribution in [-0.4, -0.2) is 32.5 Å². The Hall–Kier alpha value is -3.78. The van der Waals surface area contributed by atoms with Gasteiger partial charge in [-0.25, -0.2) is 0 Å². The van der Waals surface area contributed by atoms with Crippen LogP contribution in [0.3, 0.4) is 0 Å². The molecular formula is C25H23N5O2S. The molecule has 1 N–H and O–H groups in total. The third-order valence-electron chi connectivity index (χ3n) is 5.54. The summed E-state index contributed by atoms with van der Waals surface area (Å²) in [5.41, 5.74) is 5.16. The third-order valence-corrected chi connectivity index (χ3v) is 6.42. The average Bonchev–Trinajstić information content (AvgIpc) is 3.60. The fourth-order valence-electron chi connectivity index (χ4n) is 3.82. The molecule has 1 aliphatic heterocycles. The van der Waals surface area contributed by atoms with Crippen molar-refractivity contribution in [3.8, 4) is 11.3 Å². The number of hydrogen-bond acceptors (Lipinski definition) is 6. The number of oxime groups is 1. The second-order valence-electron chi connectivity index (χ2n) is 7.89. The quantitative estimate of drug-likeness (QED) is 0.445. The van der Waals surface area contributed by atoms with Gasteiger partial charge >= 0.3 is 0 Å². The normalized spacial score (nSPS) is 15.2. The van der Waals surface area contributed by atoms with Crippen molar-refractivity contribution in [3.63, 3.8) is 0 Å². The highest BCUT2D eigenvalue weighted by Gasteiger charge is 2.26. The van der Waals surface area contributed by atoms with Crippen molar-refractivity contribution >= 4 is 23.0 Å². The van der Waals surface area contributed by atoms with E-state index in [-0.39, 0.29) is 12.0 Å². The lowest BCUT2D eigenvalue weighted by molar-refractivity contribution is 0.0682. The van der Waals surface area contributed by atoms with Gasteiger partial charge in [-0.2, -0.15) is 5.10 Å². The van der Waals surface area contributed by atoms with Crippen molar-refractivity contribution in [2.45, 2.75) is 32.5 Å². The number of nitrogens with one attached hydrogen (secondary N) is 1. The van der Waals surface area contributed by atoms with E-state index in [4.69, 9.17) is 9.94 Å². The smallest absolute Gasteiger partial charge is 0.269 e. The van der Waals surface area contributed by atoms with Gasteiger partial charge in [0.05, 0.1) is 24.5 Å². The predicted octanol–water partition coefficient (Wildman–Crippen LogP) is 4.44. The Kier molecular flexibility index (Phi) is 5.99. The van der Waals surface area contributed by atoms with Crippen LogP contribution in [0, 0.1) is 6.92 Å². The zero-order chi connectivity index (χ0) is 22.6. The fourth-order valence-corrected chi connectivity index (χ4v) is 4.47. The molecule has 0 fully saturated rings. The molecule has 5 rings (SSSR count). The molecule has 3 aromatic heterocycles. The first-order valence-electron chi connectivity index (χ1n) is 10.7. The van der Waals surface area contributed by atoms with Gasteiger partial charge in [-0.1, -0.05) is 35.5 Å². The minimum Gasteiger partial charge on any atom is -0.390 e. The number of aromatic nitrogens is 3. The summed E-state index contributed by atoms with van der Waals surface area (Å²) in [5, 5.41) is 14.0. The van der Waals surface area contributed by atoms with Gasteiger partial charge in [0.1, 0.15) is 5.69 Å². The minimum absolute atomic E-state index is 0.165. The van der Waals surface area contributed by atoms with E-state index in [1.54, 1.807) is 28.4 Å². The van der Waals surface area contributed by atoms with Gasteiger partial charge < -0.3 is 10.2 Å². The number of amides is 1. The number of aryl methyl sites for hydroxylation is 1. The van der Waals surface area contributed by atoms with Crippen molar-refractivity contribution in [1.29, 1.82) is 0 Å². The maximum atomic E-state index is 13.1. The number of carbonyl (C=O) groups is 1. The molecule has 0 aliphatic carbocycles. The van der Waals surface area contributed by atoms with E-state index in [2.05, 4.69) is 15.5 Å². The lowest BCUT2D eigenvalue weighted by atomic mass is 10.1. The number of carbonyl (C=O) groups excluding carboxylic acids is 1. The molecule has 1 amide bonds. The minimum atomic E-state index is -0.214. The molecule has 0 saturated carbocycles. The molecule has 0 spiro atoms. The van der Waals surface area contributed by atoms with Gasteiger partial charge in [-0.3, -0.25) is 14.5 Å². The molecule has 166 valence electrons. The molecule has 8 heteroatoms. The number of nitrogens with zero attached hydrogens (tertiary/aromatic N) is 4. The van der Waals surface area contributed by atoms with Crippen molar-refractivity contribution in [2.75, 3.05) is 0 Å². The first-order valence-corrected chi connectivity index (χ1v) is 11.6. The Balaban J connectivity index is 1.38. The number of pyridine rings is 1. The topological polar surface area (TPSA) is 81.4 Å². The van der Waals surface area contributed by atoms with Crippen LogP contribution in [0.4, 0.5) is 0 Å². The maximum Gasteiger partial charge on any atom is 0.269 e. The summed E-state index contributed by atoms with van der Waals surface area (Å²) in [6, 6.07) is 17.7. The highest BCUT2D eigenvalue weighted by molar-refractivity contribution is 7.09.